The van der Waals surface area contributed by atoms with Crippen LogP contribution in [-0.2, 0) is 4.79 Å². The van der Waals surface area contributed by atoms with Crippen molar-refractivity contribution in [3.05, 3.63) is 89.0 Å². The van der Waals surface area contributed by atoms with E-state index in [1.54, 1.807) is 66.7 Å². The topological polar surface area (TPSA) is 73.9 Å². The molecule has 0 saturated heterocycles. The Hall–Kier alpha value is -3.77. The molecule has 0 aliphatic carbocycles. The Labute approximate surface area is 197 Å². The second-order valence-corrected chi connectivity index (χ2v) is 7.32. The highest BCUT2D eigenvalue weighted by Gasteiger charge is 2.11. The number of para-hydroxylation sites is 2. The first kappa shape index (κ1) is 23.9. The van der Waals surface area contributed by atoms with Gasteiger partial charge in [0, 0.05) is 10.6 Å². The molecule has 3 rings (SSSR count). The number of carbonyl (C=O) groups is 2. The number of nitrogens with one attached hydrogen (secondary N) is 1. The fourth-order valence-corrected chi connectivity index (χ4v) is 3.10. The van der Waals surface area contributed by atoms with E-state index in [0.717, 1.165) is 5.56 Å². The fourth-order valence-electron chi connectivity index (χ4n) is 2.98. The third-order valence-corrected chi connectivity index (χ3v) is 4.82. The smallest absolute Gasteiger partial charge is 0.262 e. The quantitative estimate of drug-likeness (QED) is 0.309. The molecule has 0 saturated carbocycles. The molecule has 6 nitrogen and oxygen atoms in total. The van der Waals surface area contributed by atoms with Gasteiger partial charge in [-0.15, -0.1) is 0 Å². The lowest BCUT2D eigenvalue weighted by Gasteiger charge is -2.13. The van der Waals surface area contributed by atoms with E-state index in [2.05, 4.69) is 5.32 Å². The Balaban J connectivity index is 1.66. The second kappa shape index (κ2) is 11.7. The minimum Gasteiger partial charge on any atom is -0.495 e. The van der Waals surface area contributed by atoms with Gasteiger partial charge in [-0.2, -0.15) is 0 Å². The first-order valence-corrected chi connectivity index (χ1v) is 10.7. The summed E-state index contributed by atoms with van der Waals surface area (Å²) >= 11 is 5.86. The summed E-state index contributed by atoms with van der Waals surface area (Å²) in [7, 11) is 1.54. The Morgan fingerprint density at radius 2 is 1.70 bits per heavy atom. The average molecular weight is 466 g/mol. The van der Waals surface area contributed by atoms with Crippen LogP contribution in [0.25, 0.3) is 6.08 Å². The number of allylic oxidation sites excluding steroid dienone is 1. The molecule has 7 heteroatoms. The largest absolute Gasteiger partial charge is 0.495 e. The fraction of sp³-hybridized carbons (Fsp3) is 0.154. The lowest BCUT2D eigenvalue weighted by Crippen LogP contribution is -2.20. The summed E-state index contributed by atoms with van der Waals surface area (Å²) in [5.41, 5.74) is 1.86. The molecule has 0 spiro atoms. The summed E-state index contributed by atoms with van der Waals surface area (Å²) < 4.78 is 16.6. The second-order valence-electron chi connectivity index (χ2n) is 6.88. The SMILES string of the molecule is CCOc1cc(/C=C/C(=O)c2ccc(Cl)cc2)ccc1OCC(=O)Nc1ccccc1OC. The van der Waals surface area contributed by atoms with Crippen molar-refractivity contribution in [2.45, 2.75) is 6.92 Å². The number of halogens is 1. The first-order chi connectivity index (χ1) is 16.0. The minimum atomic E-state index is -0.334. The Bertz CT molecular complexity index is 1140. The van der Waals surface area contributed by atoms with Gasteiger partial charge >= 0.3 is 0 Å². The lowest BCUT2D eigenvalue weighted by molar-refractivity contribution is -0.118. The molecular formula is C26H24ClNO5. The summed E-state index contributed by atoms with van der Waals surface area (Å²) in [6, 6.07) is 19.0. The molecule has 1 N–H and O–H groups in total. The normalized spacial score (nSPS) is 10.6. The van der Waals surface area contributed by atoms with Crippen molar-refractivity contribution in [3.8, 4) is 17.2 Å². The van der Waals surface area contributed by atoms with Crippen LogP contribution in [0, 0.1) is 0 Å². The Kier molecular flexibility index (Phi) is 8.49. The number of benzene rings is 3. The zero-order chi connectivity index (χ0) is 23.6. The van der Waals surface area contributed by atoms with Crippen molar-refractivity contribution in [1.29, 1.82) is 0 Å². The number of methoxy groups -OCH3 is 1. The molecular weight excluding hydrogens is 442 g/mol. The minimum absolute atomic E-state index is 0.141. The summed E-state index contributed by atoms with van der Waals surface area (Å²) in [5.74, 6) is 0.986. The molecule has 0 aliphatic rings. The zero-order valence-electron chi connectivity index (χ0n) is 18.3. The van der Waals surface area contributed by atoms with Gasteiger partial charge in [-0.3, -0.25) is 9.59 Å². The maximum atomic E-state index is 12.3. The van der Waals surface area contributed by atoms with Gasteiger partial charge in [-0.25, -0.2) is 0 Å². The van der Waals surface area contributed by atoms with Gasteiger partial charge in [0.05, 0.1) is 19.4 Å². The summed E-state index contributed by atoms with van der Waals surface area (Å²) in [5, 5.41) is 3.33. The van der Waals surface area contributed by atoms with Crippen molar-refractivity contribution >= 4 is 35.1 Å². The van der Waals surface area contributed by atoms with E-state index >= 15 is 0 Å². The zero-order valence-corrected chi connectivity index (χ0v) is 19.1. The molecule has 0 fully saturated rings. The molecule has 0 heterocycles. The van der Waals surface area contributed by atoms with E-state index in [4.69, 9.17) is 25.8 Å². The van der Waals surface area contributed by atoms with Crippen LogP contribution in [0.2, 0.25) is 5.02 Å². The Morgan fingerprint density at radius 1 is 0.939 bits per heavy atom. The van der Waals surface area contributed by atoms with Crippen LogP contribution in [0.4, 0.5) is 5.69 Å². The van der Waals surface area contributed by atoms with Crippen molar-refractivity contribution < 1.29 is 23.8 Å². The van der Waals surface area contributed by atoms with Crippen LogP contribution in [-0.4, -0.2) is 32.0 Å². The molecule has 3 aromatic carbocycles. The predicted octanol–water partition coefficient (Wildman–Crippen LogP) is 5.66. The Morgan fingerprint density at radius 3 is 2.42 bits per heavy atom. The summed E-state index contributed by atoms with van der Waals surface area (Å²) in [6.45, 7) is 2.06. The number of anilines is 1. The monoisotopic (exact) mass is 465 g/mol. The average Bonchev–Trinajstić information content (AvgIpc) is 2.83. The first-order valence-electron chi connectivity index (χ1n) is 10.3. The van der Waals surface area contributed by atoms with Gasteiger partial charge < -0.3 is 19.5 Å². The number of ether oxygens (including phenoxy) is 3. The van der Waals surface area contributed by atoms with Crippen LogP contribution in [0.15, 0.2) is 72.8 Å². The van der Waals surface area contributed by atoms with Crippen molar-refractivity contribution in [2.75, 3.05) is 25.6 Å². The van der Waals surface area contributed by atoms with Gasteiger partial charge in [0.1, 0.15) is 5.75 Å². The molecule has 0 radical (unpaired) electrons. The van der Waals surface area contributed by atoms with Gasteiger partial charge in [-0.1, -0.05) is 35.9 Å². The molecule has 1 amide bonds. The van der Waals surface area contributed by atoms with Crippen LogP contribution in [0.3, 0.4) is 0 Å². The van der Waals surface area contributed by atoms with E-state index in [1.165, 1.54) is 13.2 Å². The molecule has 0 aliphatic heterocycles. The summed E-state index contributed by atoms with van der Waals surface area (Å²) in [4.78, 5) is 24.7. The van der Waals surface area contributed by atoms with Gasteiger partial charge in [0.2, 0.25) is 0 Å². The molecule has 0 atom stereocenters. The molecule has 0 aromatic heterocycles. The highest BCUT2D eigenvalue weighted by Crippen LogP contribution is 2.29. The van der Waals surface area contributed by atoms with Gasteiger partial charge in [-0.05, 0) is 67.1 Å². The third kappa shape index (κ3) is 6.85. The third-order valence-electron chi connectivity index (χ3n) is 4.56. The highest BCUT2D eigenvalue weighted by atomic mass is 35.5. The van der Waals surface area contributed by atoms with E-state index in [1.807, 2.05) is 13.0 Å². The maximum Gasteiger partial charge on any atom is 0.262 e. The number of hydrogen-bond donors (Lipinski definition) is 1. The van der Waals surface area contributed by atoms with Gasteiger partial charge in [0.15, 0.2) is 23.9 Å². The molecule has 0 unspecified atom stereocenters. The van der Waals surface area contributed by atoms with E-state index in [9.17, 15) is 9.59 Å². The number of ketones is 1. The van der Waals surface area contributed by atoms with Crippen LogP contribution < -0.4 is 19.5 Å². The van der Waals surface area contributed by atoms with Crippen LogP contribution in [0.5, 0.6) is 17.2 Å². The van der Waals surface area contributed by atoms with Crippen molar-refractivity contribution in [1.82, 2.24) is 0 Å². The van der Waals surface area contributed by atoms with Crippen molar-refractivity contribution in [2.24, 2.45) is 0 Å². The number of amides is 1. The highest BCUT2D eigenvalue weighted by molar-refractivity contribution is 6.30. The number of carbonyl (C=O) groups excluding carboxylic acids is 2. The molecule has 33 heavy (non-hydrogen) atoms. The molecule has 170 valence electrons. The number of rotatable bonds is 10. The van der Waals surface area contributed by atoms with Gasteiger partial charge in [0.25, 0.3) is 5.91 Å². The maximum absolute atomic E-state index is 12.3. The van der Waals surface area contributed by atoms with E-state index in [-0.39, 0.29) is 18.3 Å². The van der Waals surface area contributed by atoms with E-state index < -0.39 is 0 Å². The molecule has 0 bridgehead atoms. The summed E-state index contributed by atoms with van der Waals surface area (Å²) in [6.07, 6.45) is 3.17. The lowest BCUT2D eigenvalue weighted by atomic mass is 10.1. The van der Waals surface area contributed by atoms with Crippen LogP contribution in [0.1, 0.15) is 22.8 Å². The van der Waals surface area contributed by atoms with Crippen LogP contribution >= 0.6 is 11.6 Å². The van der Waals surface area contributed by atoms with E-state index in [0.29, 0.717) is 40.1 Å². The van der Waals surface area contributed by atoms with Crippen molar-refractivity contribution in [3.63, 3.8) is 0 Å². The predicted molar refractivity (Wildman–Crippen MR) is 130 cm³/mol. The standard InChI is InChI=1S/C26H24ClNO5/c1-3-32-25-16-18(8-14-22(29)19-10-12-20(27)13-11-19)9-15-24(25)33-17-26(30)28-21-6-4-5-7-23(21)31-2/h4-16H,3,17H2,1-2H3,(H,28,30)/b14-8+. The molecule has 3 aromatic rings. The number of hydrogen-bond acceptors (Lipinski definition) is 5.